The van der Waals surface area contributed by atoms with Gasteiger partial charge in [-0.1, -0.05) is 44.2 Å². The molecular weight excluding hydrogens is 329 g/mol. The summed E-state index contributed by atoms with van der Waals surface area (Å²) in [7, 11) is 0. The molecule has 3 rings (SSSR count). The van der Waals surface area contributed by atoms with Gasteiger partial charge in [0.05, 0.1) is 0 Å². The zero-order valence-electron chi connectivity index (χ0n) is 14.9. The van der Waals surface area contributed by atoms with Crippen LogP contribution < -0.4 is 5.32 Å². The van der Waals surface area contributed by atoms with Crippen molar-refractivity contribution in [2.24, 2.45) is 5.92 Å². The van der Waals surface area contributed by atoms with Gasteiger partial charge in [-0.3, -0.25) is 4.79 Å². The van der Waals surface area contributed by atoms with Crippen LogP contribution in [-0.2, 0) is 4.79 Å². The minimum atomic E-state index is -4.79. The molecule has 1 aromatic rings. The molecule has 1 aromatic carbocycles. The van der Waals surface area contributed by atoms with Crippen molar-refractivity contribution in [1.82, 2.24) is 10.2 Å². The summed E-state index contributed by atoms with van der Waals surface area (Å²) in [6.45, 7) is 5.84. The Morgan fingerprint density at radius 2 is 1.76 bits per heavy atom. The lowest BCUT2D eigenvalue weighted by Gasteiger charge is -2.31. The predicted octanol–water partition coefficient (Wildman–Crippen LogP) is 3.96. The van der Waals surface area contributed by atoms with Gasteiger partial charge in [-0.25, -0.2) is 0 Å². The third-order valence-electron chi connectivity index (χ3n) is 4.80. The molecule has 0 radical (unpaired) electrons. The van der Waals surface area contributed by atoms with E-state index in [9.17, 15) is 18.0 Å². The molecule has 140 valence electrons. The number of halogens is 3. The maximum Gasteiger partial charge on any atom is 0.471 e. The van der Waals surface area contributed by atoms with E-state index < -0.39 is 12.1 Å². The van der Waals surface area contributed by atoms with E-state index in [2.05, 4.69) is 5.32 Å². The van der Waals surface area contributed by atoms with Crippen LogP contribution in [0.25, 0.3) is 0 Å². The van der Waals surface area contributed by atoms with Crippen molar-refractivity contribution >= 4 is 5.91 Å². The Kier molecular flexibility index (Phi) is 6.87. The van der Waals surface area contributed by atoms with E-state index in [1.54, 1.807) is 0 Å². The minimum Gasteiger partial charge on any atom is -0.331 e. The van der Waals surface area contributed by atoms with Crippen LogP contribution in [0, 0.1) is 5.92 Å². The van der Waals surface area contributed by atoms with Crippen LogP contribution in [-0.4, -0.2) is 42.7 Å². The molecule has 2 unspecified atom stereocenters. The first kappa shape index (κ1) is 19.8. The quantitative estimate of drug-likeness (QED) is 0.886. The molecule has 2 fully saturated rings. The number of benzene rings is 1. The maximum atomic E-state index is 13.0. The molecule has 2 aliphatic rings. The molecule has 1 aliphatic carbocycles. The summed E-state index contributed by atoms with van der Waals surface area (Å²) in [5, 5.41) is 3.20. The summed E-state index contributed by atoms with van der Waals surface area (Å²) in [6, 6.07) is 9.17. The third-order valence-corrected chi connectivity index (χ3v) is 4.80. The topological polar surface area (TPSA) is 32.3 Å². The largest absolute Gasteiger partial charge is 0.471 e. The van der Waals surface area contributed by atoms with Gasteiger partial charge in [0, 0.05) is 18.5 Å². The Morgan fingerprint density at radius 1 is 1.16 bits per heavy atom. The molecule has 1 saturated heterocycles. The molecule has 0 aromatic heterocycles. The highest BCUT2D eigenvalue weighted by Crippen LogP contribution is 2.46. The molecule has 1 amide bonds. The number of nitrogens with one attached hydrogen (secondary N) is 1. The second-order valence-electron chi connectivity index (χ2n) is 6.47. The standard InChI is InChI=1S/C17H21F3N2O.C2H6/c18-17(19,20)16(23)22(11-12-6-8-21-9-7-12)15-10-14(15)13-4-2-1-3-5-13;1-2/h1-5,12,14-15,21H,6-11H2;1-2H3. The molecule has 0 spiro atoms. The van der Waals surface area contributed by atoms with E-state index >= 15 is 0 Å². The summed E-state index contributed by atoms with van der Waals surface area (Å²) in [6.07, 6.45) is -2.53. The first-order chi connectivity index (χ1) is 12.0. The van der Waals surface area contributed by atoms with Crippen molar-refractivity contribution < 1.29 is 18.0 Å². The average Bonchev–Trinajstić information content (AvgIpc) is 3.42. The zero-order valence-corrected chi connectivity index (χ0v) is 14.9. The number of nitrogens with zero attached hydrogens (tertiary/aromatic N) is 1. The van der Waals surface area contributed by atoms with Gasteiger partial charge < -0.3 is 10.2 Å². The Morgan fingerprint density at radius 3 is 2.32 bits per heavy atom. The Balaban J connectivity index is 0.00000109. The predicted molar refractivity (Wildman–Crippen MR) is 92.3 cm³/mol. The van der Waals surface area contributed by atoms with Crippen LogP contribution in [0.1, 0.15) is 44.6 Å². The highest BCUT2D eigenvalue weighted by molar-refractivity contribution is 5.82. The molecule has 1 heterocycles. The van der Waals surface area contributed by atoms with Crippen LogP contribution in [0.15, 0.2) is 30.3 Å². The summed E-state index contributed by atoms with van der Waals surface area (Å²) in [5.74, 6) is -1.50. The molecular formula is C19H27F3N2O. The monoisotopic (exact) mass is 356 g/mol. The number of hydrogen-bond donors (Lipinski definition) is 1. The first-order valence-electron chi connectivity index (χ1n) is 9.10. The highest BCUT2D eigenvalue weighted by atomic mass is 19.4. The van der Waals surface area contributed by atoms with Crippen molar-refractivity contribution in [3.8, 4) is 0 Å². The lowest BCUT2D eigenvalue weighted by Crippen LogP contribution is -2.46. The molecule has 1 saturated carbocycles. The van der Waals surface area contributed by atoms with Crippen molar-refractivity contribution in [3.05, 3.63) is 35.9 Å². The van der Waals surface area contributed by atoms with E-state index in [1.807, 2.05) is 44.2 Å². The van der Waals surface area contributed by atoms with E-state index in [0.717, 1.165) is 36.4 Å². The zero-order chi connectivity index (χ0) is 18.4. The van der Waals surface area contributed by atoms with E-state index in [4.69, 9.17) is 0 Å². The highest BCUT2D eigenvalue weighted by Gasteiger charge is 2.52. The van der Waals surface area contributed by atoms with Gasteiger partial charge in [0.1, 0.15) is 0 Å². The number of rotatable bonds is 4. The molecule has 6 heteroatoms. The number of carbonyl (C=O) groups is 1. The van der Waals surface area contributed by atoms with Gasteiger partial charge in [0.15, 0.2) is 0 Å². The number of carbonyl (C=O) groups excluding carboxylic acids is 1. The van der Waals surface area contributed by atoms with Gasteiger partial charge in [0.2, 0.25) is 0 Å². The fraction of sp³-hybridized carbons (Fsp3) is 0.632. The fourth-order valence-electron chi connectivity index (χ4n) is 3.46. The maximum absolute atomic E-state index is 13.0. The minimum absolute atomic E-state index is 0.0317. The van der Waals surface area contributed by atoms with E-state index in [1.165, 1.54) is 0 Å². The van der Waals surface area contributed by atoms with E-state index in [0.29, 0.717) is 6.42 Å². The number of piperidine rings is 1. The lowest BCUT2D eigenvalue weighted by molar-refractivity contribution is -0.186. The average molecular weight is 356 g/mol. The van der Waals surface area contributed by atoms with Crippen molar-refractivity contribution in [2.75, 3.05) is 19.6 Å². The third kappa shape index (κ3) is 5.21. The van der Waals surface area contributed by atoms with Crippen LogP contribution in [0.5, 0.6) is 0 Å². The van der Waals surface area contributed by atoms with Gasteiger partial charge in [-0.05, 0) is 43.8 Å². The molecule has 3 nitrogen and oxygen atoms in total. The molecule has 2 atom stereocenters. The molecule has 25 heavy (non-hydrogen) atoms. The molecule has 0 bridgehead atoms. The van der Waals surface area contributed by atoms with Gasteiger partial charge in [0.25, 0.3) is 0 Å². The fourth-order valence-corrected chi connectivity index (χ4v) is 3.46. The van der Waals surface area contributed by atoms with Crippen LogP contribution in [0.2, 0.25) is 0 Å². The first-order valence-corrected chi connectivity index (χ1v) is 9.10. The smallest absolute Gasteiger partial charge is 0.331 e. The van der Waals surface area contributed by atoms with Gasteiger partial charge in [-0.15, -0.1) is 0 Å². The summed E-state index contributed by atoms with van der Waals surface area (Å²) in [4.78, 5) is 13.0. The summed E-state index contributed by atoms with van der Waals surface area (Å²) >= 11 is 0. The number of hydrogen-bond acceptors (Lipinski definition) is 2. The van der Waals surface area contributed by atoms with Crippen molar-refractivity contribution in [3.63, 3.8) is 0 Å². The Labute approximate surface area is 147 Å². The van der Waals surface area contributed by atoms with Crippen LogP contribution in [0.4, 0.5) is 13.2 Å². The van der Waals surface area contributed by atoms with Crippen molar-refractivity contribution in [1.29, 1.82) is 0 Å². The van der Waals surface area contributed by atoms with Gasteiger partial charge in [-0.2, -0.15) is 13.2 Å². The summed E-state index contributed by atoms with van der Waals surface area (Å²) in [5.41, 5.74) is 1.02. The van der Waals surface area contributed by atoms with E-state index in [-0.39, 0.29) is 24.4 Å². The Hall–Kier alpha value is -1.56. The van der Waals surface area contributed by atoms with Crippen molar-refractivity contribution in [2.45, 2.75) is 51.2 Å². The second kappa shape index (κ2) is 8.70. The number of amides is 1. The number of alkyl halides is 3. The lowest BCUT2D eigenvalue weighted by atomic mass is 9.97. The normalized spacial score (nSPS) is 23.4. The summed E-state index contributed by atoms with van der Waals surface area (Å²) < 4.78 is 38.9. The second-order valence-corrected chi connectivity index (χ2v) is 6.47. The molecule has 1 aliphatic heterocycles. The van der Waals surface area contributed by atoms with Gasteiger partial charge >= 0.3 is 12.1 Å². The Bertz CT molecular complexity index is 541. The van der Waals surface area contributed by atoms with Crippen LogP contribution in [0.3, 0.4) is 0 Å². The van der Waals surface area contributed by atoms with Crippen LogP contribution >= 0.6 is 0 Å². The molecule has 1 N–H and O–H groups in total. The SMILES string of the molecule is CC.O=C(N(CC1CCNCC1)C1CC1c1ccccc1)C(F)(F)F.